The maximum Gasteiger partial charge on any atom is 0.220 e. The lowest BCUT2D eigenvalue weighted by molar-refractivity contribution is -0.123. The molecule has 0 saturated carbocycles. The smallest absolute Gasteiger partial charge is 0.220 e. The lowest BCUT2D eigenvalue weighted by atomic mass is 10.0. The standard InChI is InChI=1S/C12H25NO3.C12H26O2.C11H22O3.2C11H24O2.C10H22O2/c1-6-12(14)13-11(7-15-9(2)3)8-16-10(4)5;1-6-7-12(14-11(4)5)8-9-13-10(2)3;1-7(2)13-10-6-12-9(5)11(10)14-8(3)4;1-7-11(6,13-10(4)5)8-12-9(2)3;1-6-7-11(13-10(4)5)8-12-9(2)3;1-6-10(12-9(4)5)7-11-8(2)3/h9-11H,6-8H2,1-5H3,(H,13,14);10-12H,6-9H2,1-5H3;7-11H,6H2,1-5H3;9-10H,7-8H2,1-6H3;9-11H,6-8H2,1-5H3;8-10H,6-7H2,1-5H3/t;;9-,10?,11+;;;/m..0.../s1. The zero-order valence-corrected chi connectivity index (χ0v) is 59.8. The SMILES string of the molecule is CC(C)OC1CO[C@@H](C)[C@H]1OC(C)C.CCC(=O)NC(COC(C)C)COC(C)C.CCC(C)(COC(C)C)OC(C)C.CCC(COC(C)C)OC(C)C.CCCC(CCOC(C)C)OC(C)C.CCCC(COC(C)C)OC(C)C. The lowest BCUT2D eigenvalue weighted by Crippen LogP contribution is -2.42. The highest BCUT2D eigenvalue weighted by molar-refractivity contribution is 5.75. The molecule has 500 valence electrons. The van der Waals surface area contributed by atoms with Crippen LogP contribution in [-0.4, -0.2) is 174 Å². The van der Waals surface area contributed by atoms with Gasteiger partial charge in [-0.2, -0.15) is 0 Å². The van der Waals surface area contributed by atoms with Gasteiger partial charge in [0.05, 0.1) is 149 Å². The molecule has 0 radical (unpaired) electrons. The zero-order valence-electron chi connectivity index (χ0n) is 59.8. The molecule has 5 unspecified atom stereocenters. The Bertz CT molecular complexity index is 1320. The number of carbonyl (C=O) groups is 1. The van der Waals surface area contributed by atoms with E-state index < -0.39 is 0 Å². The largest absolute Gasteiger partial charge is 0.379 e. The molecule has 7 atom stereocenters. The molecule has 1 amide bonds. The normalized spacial score (nSPS) is 17.2. The van der Waals surface area contributed by atoms with Crippen molar-refractivity contribution < 1.29 is 66.4 Å². The summed E-state index contributed by atoms with van der Waals surface area (Å²) in [5, 5.41) is 2.89. The van der Waals surface area contributed by atoms with E-state index in [4.69, 9.17) is 61.6 Å². The fourth-order valence-corrected chi connectivity index (χ4v) is 7.49. The fraction of sp³-hybridized carbons (Fsp3) is 0.985. The second-order valence-corrected chi connectivity index (χ2v) is 25.0. The first-order valence-electron chi connectivity index (χ1n) is 32.6. The molecule has 82 heavy (non-hydrogen) atoms. The zero-order chi connectivity index (χ0) is 64.6. The van der Waals surface area contributed by atoms with Crippen LogP contribution in [0.4, 0.5) is 0 Å². The van der Waals surface area contributed by atoms with E-state index in [1.54, 1.807) is 0 Å². The van der Waals surface area contributed by atoms with Crippen molar-refractivity contribution in [3.05, 3.63) is 0 Å². The van der Waals surface area contributed by atoms with Gasteiger partial charge < -0.3 is 66.9 Å². The third kappa shape index (κ3) is 64.9. The highest BCUT2D eigenvalue weighted by Gasteiger charge is 2.37. The quantitative estimate of drug-likeness (QED) is 0.0622. The Morgan fingerprint density at radius 2 is 0.878 bits per heavy atom. The van der Waals surface area contributed by atoms with Crippen LogP contribution in [0.25, 0.3) is 0 Å². The summed E-state index contributed by atoms with van der Waals surface area (Å²) in [6.07, 6.45) is 12.5. The van der Waals surface area contributed by atoms with Gasteiger partial charge in [-0.25, -0.2) is 0 Å². The second kappa shape index (κ2) is 56.5. The van der Waals surface area contributed by atoms with Gasteiger partial charge in [0, 0.05) is 13.0 Å². The molecular weight excluding hydrogens is 1040 g/mol. The van der Waals surface area contributed by atoms with Crippen LogP contribution in [-0.2, 0) is 66.4 Å². The molecule has 15 nitrogen and oxygen atoms in total. The number of amides is 1. The predicted molar refractivity (Wildman–Crippen MR) is 344 cm³/mol. The summed E-state index contributed by atoms with van der Waals surface area (Å²) in [7, 11) is 0. The molecular formula is C67H143NO14. The van der Waals surface area contributed by atoms with E-state index in [9.17, 15) is 4.79 Å². The van der Waals surface area contributed by atoms with E-state index >= 15 is 0 Å². The first kappa shape index (κ1) is 89.7. The topological polar surface area (TPSA) is 149 Å². The minimum Gasteiger partial charge on any atom is -0.379 e. The monoisotopic (exact) mass is 1190 g/mol. The van der Waals surface area contributed by atoms with Crippen molar-refractivity contribution in [2.24, 2.45) is 0 Å². The van der Waals surface area contributed by atoms with Crippen molar-refractivity contribution in [3.63, 3.8) is 0 Å². The van der Waals surface area contributed by atoms with E-state index in [0.29, 0.717) is 82.2 Å². The molecule has 1 N–H and O–H groups in total. The Morgan fingerprint density at radius 3 is 1.24 bits per heavy atom. The van der Waals surface area contributed by atoms with E-state index in [-0.39, 0.29) is 84.7 Å². The molecule has 0 aliphatic carbocycles. The minimum atomic E-state index is -0.127. The molecule has 0 bridgehead atoms. The van der Waals surface area contributed by atoms with Crippen LogP contribution in [0.1, 0.15) is 266 Å². The van der Waals surface area contributed by atoms with E-state index in [2.05, 4.69) is 123 Å². The molecule has 1 rings (SSSR count). The maximum atomic E-state index is 11.3. The van der Waals surface area contributed by atoms with Crippen LogP contribution in [0, 0.1) is 0 Å². The van der Waals surface area contributed by atoms with Gasteiger partial charge in [-0.15, -0.1) is 0 Å². The van der Waals surface area contributed by atoms with Gasteiger partial charge in [0.1, 0.15) is 12.2 Å². The number of hydrogen-bond acceptors (Lipinski definition) is 14. The number of hydrogen-bond donors (Lipinski definition) is 1. The van der Waals surface area contributed by atoms with Gasteiger partial charge in [-0.05, 0) is 212 Å². The van der Waals surface area contributed by atoms with Crippen LogP contribution >= 0.6 is 0 Å². The average molecular weight is 1190 g/mol. The molecule has 1 aliphatic heterocycles. The highest BCUT2D eigenvalue weighted by Crippen LogP contribution is 2.23. The number of ether oxygens (including phenoxy) is 13. The number of rotatable bonds is 39. The summed E-state index contributed by atoms with van der Waals surface area (Å²) in [6.45, 7) is 68.2. The van der Waals surface area contributed by atoms with Crippen LogP contribution in [0.2, 0.25) is 0 Å². The first-order valence-corrected chi connectivity index (χ1v) is 32.6. The van der Waals surface area contributed by atoms with Crippen LogP contribution in [0.5, 0.6) is 0 Å². The number of carbonyl (C=O) groups excluding carboxylic acids is 1. The molecule has 1 fully saturated rings. The predicted octanol–water partition coefficient (Wildman–Crippen LogP) is 15.7. The molecule has 0 aromatic rings. The molecule has 0 aromatic carbocycles. The third-order valence-electron chi connectivity index (χ3n) is 11.4. The van der Waals surface area contributed by atoms with Gasteiger partial charge in [0.25, 0.3) is 0 Å². The second-order valence-electron chi connectivity index (χ2n) is 25.0. The van der Waals surface area contributed by atoms with Gasteiger partial charge >= 0.3 is 0 Å². The van der Waals surface area contributed by atoms with Crippen molar-refractivity contribution in [1.29, 1.82) is 0 Å². The summed E-state index contributed by atoms with van der Waals surface area (Å²) < 4.78 is 73.1. The fourth-order valence-electron chi connectivity index (χ4n) is 7.49. The third-order valence-corrected chi connectivity index (χ3v) is 11.4. The van der Waals surface area contributed by atoms with E-state index in [1.165, 1.54) is 6.42 Å². The van der Waals surface area contributed by atoms with Crippen molar-refractivity contribution in [2.75, 3.05) is 46.2 Å². The molecule has 1 aliphatic rings. The maximum absolute atomic E-state index is 11.3. The van der Waals surface area contributed by atoms with Gasteiger partial charge in [0.15, 0.2) is 0 Å². The minimum absolute atomic E-state index is 0.0321. The molecule has 1 saturated heterocycles. The Morgan fingerprint density at radius 1 is 0.476 bits per heavy atom. The van der Waals surface area contributed by atoms with Gasteiger partial charge in [-0.3, -0.25) is 4.79 Å². The first-order chi connectivity index (χ1) is 38.0. The van der Waals surface area contributed by atoms with Crippen molar-refractivity contribution >= 4 is 5.91 Å². The van der Waals surface area contributed by atoms with Crippen molar-refractivity contribution in [3.8, 4) is 0 Å². The average Bonchev–Trinajstić information content (AvgIpc) is 3.70. The van der Waals surface area contributed by atoms with Crippen LogP contribution < -0.4 is 5.32 Å². The van der Waals surface area contributed by atoms with E-state index in [1.807, 2.05) is 96.9 Å². The van der Waals surface area contributed by atoms with Gasteiger partial charge in [0.2, 0.25) is 5.91 Å². The van der Waals surface area contributed by atoms with Crippen molar-refractivity contribution in [2.45, 2.75) is 388 Å². The Hall–Kier alpha value is -1.05. The summed E-state index contributed by atoms with van der Waals surface area (Å²) in [5.74, 6) is 0.0321. The molecule has 1 heterocycles. The Balaban J connectivity index is -0.000000290. The summed E-state index contributed by atoms with van der Waals surface area (Å²) >= 11 is 0. The molecule has 0 aromatic heterocycles. The molecule has 0 spiro atoms. The van der Waals surface area contributed by atoms with E-state index in [0.717, 1.165) is 51.7 Å². The lowest BCUT2D eigenvalue weighted by Gasteiger charge is -2.31. The number of nitrogens with one attached hydrogen (secondary N) is 1. The molecule has 15 heteroatoms. The Kier molecular flexibility index (Phi) is 61.8. The summed E-state index contributed by atoms with van der Waals surface area (Å²) in [4.78, 5) is 11.3. The van der Waals surface area contributed by atoms with Crippen LogP contribution in [0.15, 0.2) is 0 Å². The Labute approximate surface area is 509 Å². The summed E-state index contributed by atoms with van der Waals surface area (Å²) in [6, 6.07) is -0.0581. The summed E-state index contributed by atoms with van der Waals surface area (Å²) in [5.41, 5.74) is -0.127. The van der Waals surface area contributed by atoms with Gasteiger partial charge in [-0.1, -0.05) is 47.5 Å². The van der Waals surface area contributed by atoms with Crippen molar-refractivity contribution in [1.82, 2.24) is 5.32 Å². The highest BCUT2D eigenvalue weighted by atomic mass is 16.6. The van der Waals surface area contributed by atoms with Crippen LogP contribution in [0.3, 0.4) is 0 Å².